The van der Waals surface area contributed by atoms with Crippen LogP contribution in [0.15, 0.2) is 27.5 Å². The van der Waals surface area contributed by atoms with Gasteiger partial charge in [-0.25, -0.2) is 0 Å². The molecule has 0 bridgehead atoms. The zero-order valence-electron chi connectivity index (χ0n) is 8.37. The van der Waals surface area contributed by atoms with Crippen LogP contribution in [-0.2, 0) is 0 Å². The van der Waals surface area contributed by atoms with E-state index in [-0.39, 0.29) is 5.56 Å². The van der Waals surface area contributed by atoms with Gasteiger partial charge in [-0.15, -0.1) is 0 Å². The van der Waals surface area contributed by atoms with E-state index in [1.807, 2.05) is 6.92 Å². The number of hydrogen-bond acceptors (Lipinski definition) is 3. The summed E-state index contributed by atoms with van der Waals surface area (Å²) in [6.07, 6.45) is 0. The molecule has 0 radical (unpaired) electrons. The number of benzene rings is 1. The summed E-state index contributed by atoms with van der Waals surface area (Å²) < 4.78 is 5.03. The first-order valence-corrected chi connectivity index (χ1v) is 5.12. The lowest BCUT2D eigenvalue weighted by Crippen LogP contribution is -2.05. The van der Waals surface area contributed by atoms with Gasteiger partial charge in [-0.3, -0.25) is 9.78 Å². The van der Waals surface area contributed by atoms with Crippen LogP contribution < -0.4 is 5.56 Å². The second-order valence-electron chi connectivity index (χ2n) is 3.62. The molecule has 80 valence electrons. The number of nitrogens with one attached hydrogen (secondary N) is 1. The maximum absolute atomic E-state index is 11.8. The maximum atomic E-state index is 11.8. The highest BCUT2D eigenvalue weighted by molar-refractivity contribution is 6.31. The van der Waals surface area contributed by atoms with E-state index >= 15 is 0 Å². The van der Waals surface area contributed by atoms with E-state index in [2.05, 4.69) is 10.1 Å². The lowest BCUT2D eigenvalue weighted by Gasteiger charge is -1.98. The normalized spacial score (nSPS) is 11.4. The fourth-order valence-electron chi connectivity index (χ4n) is 1.87. The van der Waals surface area contributed by atoms with Gasteiger partial charge in [0.25, 0.3) is 5.56 Å². The van der Waals surface area contributed by atoms with Crippen molar-refractivity contribution in [1.29, 1.82) is 0 Å². The van der Waals surface area contributed by atoms with Gasteiger partial charge in [-0.1, -0.05) is 22.8 Å². The predicted octanol–water partition coefficient (Wildman–Crippen LogP) is 2.63. The second kappa shape index (κ2) is 3.09. The summed E-state index contributed by atoms with van der Waals surface area (Å²) >= 11 is 5.86. The van der Waals surface area contributed by atoms with Crippen LogP contribution in [0.25, 0.3) is 21.9 Å². The Bertz CT molecular complexity index is 758. The van der Waals surface area contributed by atoms with Gasteiger partial charge in [-0.05, 0) is 19.1 Å². The third kappa shape index (κ3) is 1.17. The number of pyridine rings is 1. The Kier molecular flexibility index (Phi) is 1.82. The number of hydrogen-bond donors (Lipinski definition) is 1. The summed E-state index contributed by atoms with van der Waals surface area (Å²) in [6.45, 7) is 1.83. The Morgan fingerprint density at radius 2 is 2.19 bits per heavy atom. The molecule has 0 amide bonds. The maximum Gasteiger partial charge on any atom is 0.258 e. The third-order valence-electron chi connectivity index (χ3n) is 2.59. The molecule has 5 heteroatoms. The van der Waals surface area contributed by atoms with Gasteiger partial charge in [-0.2, -0.15) is 0 Å². The number of H-pyrrole nitrogens is 1. The minimum atomic E-state index is -0.221. The van der Waals surface area contributed by atoms with Crippen LogP contribution in [0.4, 0.5) is 0 Å². The summed E-state index contributed by atoms with van der Waals surface area (Å²) in [6, 6.07) is 5.19. The Morgan fingerprint density at radius 3 is 3.00 bits per heavy atom. The molecule has 0 saturated heterocycles. The summed E-state index contributed by atoms with van der Waals surface area (Å²) in [4.78, 5) is 14.4. The van der Waals surface area contributed by atoms with Crippen LogP contribution in [0, 0.1) is 6.92 Å². The molecule has 16 heavy (non-hydrogen) atoms. The molecule has 0 saturated carbocycles. The van der Waals surface area contributed by atoms with Gasteiger partial charge in [0.1, 0.15) is 0 Å². The highest BCUT2D eigenvalue weighted by atomic mass is 35.5. The smallest absolute Gasteiger partial charge is 0.258 e. The molecule has 0 aliphatic carbocycles. The number of rotatable bonds is 0. The molecule has 3 aromatic rings. The molecule has 0 spiro atoms. The Morgan fingerprint density at radius 1 is 1.38 bits per heavy atom. The standard InChI is InChI=1S/C11H7ClN2O2/c1-5-9-7-3-2-6(12)4-8(7)10(15)13-11(9)16-14-5/h2-4H,1H3,(H,13,15). The lowest BCUT2D eigenvalue weighted by atomic mass is 10.1. The minimum Gasteiger partial charge on any atom is -0.337 e. The highest BCUT2D eigenvalue weighted by Crippen LogP contribution is 2.25. The summed E-state index contributed by atoms with van der Waals surface area (Å²) in [5, 5.41) is 6.55. The van der Waals surface area contributed by atoms with Crippen LogP contribution in [0.2, 0.25) is 5.02 Å². The van der Waals surface area contributed by atoms with Gasteiger partial charge >= 0.3 is 0 Å². The van der Waals surface area contributed by atoms with Gasteiger partial charge < -0.3 is 4.52 Å². The summed E-state index contributed by atoms with van der Waals surface area (Å²) in [5.41, 5.74) is 0.928. The fourth-order valence-corrected chi connectivity index (χ4v) is 2.04. The topological polar surface area (TPSA) is 58.9 Å². The zero-order chi connectivity index (χ0) is 11.3. The fraction of sp³-hybridized carbons (Fsp3) is 0.0909. The second-order valence-corrected chi connectivity index (χ2v) is 4.05. The first-order valence-electron chi connectivity index (χ1n) is 4.74. The van der Waals surface area contributed by atoms with Crippen LogP contribution in [0.3, 0.4) is 0 Å². The average molecular weight is 235 g/mol. The van der Waals surface area contributed by atoms with Gasteiger partial charge in [0.05, 0.1) is 11.1 Å². The highest BCUT2D eigenvalue weighted by Gasteiger charge is 2.11. The quantitative estimate of drug-likeness (QED) is 0.651. The molecule has 0 atom stereocenters. The summed E-state index contributed by atoms with van der Waals surface area (Å²) in [7, 11) is 0. The lowest BCUT2D eigenvalue weighted by molar-refractivity contribution is 0.442. The molecule has 0 aliphatic rings. The number of halogens is 1. The van der Waals surface area contributed by atoms with Crippen molar-refractivity contribution >= 4 is 33.5 Å². The van der Waals surface area contributed by atoms with Gasteiger partial charge in [0.15, 0.2) is 0 Å². The number of aromatic nitrogens is 2. The van der Waals surface area contributed by atoms with Crippen molar-refractivity contribution in [2.45, 2.75) is 6.92 Å². The van der Waals surface area contributed by atoms with Crippen molar-refractivity contribution in [3.63, 3.8) is 0 Å². The molecule has 3 rings (SSSR count). The molecular formula is C11H7ClN2O2. The largest absolute Gasteiger partial charge is 0.337 e. The molecule has 0 aliphatic heterocycles. The van der Waals surface area contributed by atoms with Crippen molar-refractivity contribution in [2.24, 2.45) is 0 Å². The van der Waals surface area contributed by atoms with Crippen molar-refractivity contribution in [3.05, 3.63) is 39.3 Å². The van der Waals surface area contributed by atoms with E-state index in [1.54, 1.807) is 18.2 Å². The van der Waals surface area contributed by atoms with Crippen LogP contribution in [0.5, 0.6) is 0 Å². The van der Waals surface area contributed by atoms with E-state index in [0.29, 0.717) is 16.1 Å². The number of aromatic amines is 1. The Hall–Kier alpha value is -1.81. The monoisotopic (exact) mass is 234 g/mol. The molecule has 0 unspecified atom stereocenters. The third-order valence-corrected chi connectivity index (χ3v) is 2.82. The number of fused-ring (bicyclic) bond motifs is 3. The average Bonchev–Trinajstić information content (AvgIpc) is 2.61. The van der Waals surface area contributed by atoms with Crippen LogP contribution in [0.1, 0.15) is 5.69 Å². The molecule has 0 fully saturated rings. The van der Waals surface area contributed by atoms with E-state index in [0.717, 1.165) is 16.5 Å². The van der Waals surface area contributed by atoms with Crippen LogP contribution in [-0.4, -0.2) is 10.1 Å². The van der Waals surface area contributed by atoms with E-state index in [4.69, 9.17) is 16.1 Å². The van der Waals surface area contributed by atoms with Crippen molar-refractivity contribution in [1.82, 2.24) is 10.1 Å². The predicted molar refractivity (Wildman–Crippen MR) is 61.9 cm³/mol. The zero-order valence-corrected chi connectivity index (χ0v) is 9.13. The Labute approximate surface area is 94.8 Å². The van der Waals surface area contributed by atoms with E-state index < -0.39 is 0 Å². The molecule has 1 aromatic carbocycles. The number of nitrogens with zero attached hydrogens (tertiary/aromatic N) is 1. The molecular weight excluding hydrogens is 228 g/mol. The first kappa shape index (κ1) is 9.42. The Balaban J connectivity index is 2.68. The van der Waals surface area contributed by atoms with Crippen LogP contribution >= 0.6 is 11.6 Å². The molecule has 4 nitrogen and oxygen atoms in total. The van der Waals surface area contributed by atoms with E-state index in [9.17, 15) is 4.79 Å². The number of aryl methyl sites for hydroxylation is 1. The molecule has 2 aromatic heterocycles. The van der Waals surface area contributed by atoms with Crippen molar-refractivity contribution in [3.8, 4) is 0 Å². The summed E-state index contributed by atoms with van der Waals surface area (Å²) in [5.74, 6) is 0. The first-order chi connectivity index (χ1) is 7.66. The van der Waals surface area contributed by atoms with Gasteiger partial charge in [0, 0.05) is 15.8 Å². The van der Waals surface area contributed by atoms with Gasteiger partial charge in [0.2, 0.25) is 5.71 Å². The SMILES string of the molecule is Cc1noc2[nH]c(=O)c3cc(Cl)ccc3c12. The minimum absolute atomic E-state index is 0.221. The van der Waals surface area contributed by atoms with Crippen molar-refractivity contribution < 1.29 is 4.52 Å². The van der Waals surface area contributed by atoms with Crippen molar-refractivity contribution in [2.75, 3.05) is 0 Å². The van der Waals surface area contributed by atoms with E-state index in [1.165, 1.54) is 0 Å². The molecule has 1 N–H and O–H groups in total. The molecule has 2 heterocycles.